The molecule has 1 aromatic rings. The third-order valence-corrected chi connectivity index (χ3v) is 3.19. The summed E-state index contributed by atoms with van der Waals surface area (Å²) in [5.74, 6) is -0.458. The predicted molar refractivity (Wildman–Crippen MR) is 85.1 cm³/mol. The first-order chi connectivity index (χ1) is 10.5. The minimum Gasteiger partial charge on any atom is -0.578 e. The average Bonchev–Trinajstić information content (AvgIpc) is 2.71. The van der Waals surface area contributed by atoms with Crippen molar-refractivity contribution < 1.29 is 86.7 Å². The second-order valence-corrected chi connectivity index (χ2v) is 4.93. The first-order valence-corrected chi connectivity index (χ1v) is 7.52. The number of hydrogen-bond acceptors (Lipinski definition) is 3. The maximum Gasteiger partial charge on any atom is 2.00 e. The number of imide groups is 1. The van der Waals surface area contributed by atoms with Gasteiger partial charge in [0.2, 0.25) is 0 Å². The third kappa shape index (κ3) is 8.50. The molecule has 1 aliphatic heterocycles. The summed E-state index contributed by atoms with van der Waals surface area (Å²) < 4.78 is 4.84. The fourth-order valence-electron chi connectivity index (χ4n) is 2.17. The summed E-state index contributed by atoms with van der Waals surface area (Å²) >= 11 is 0. The molecule has 134 valence electrons. The maximum atomic E-state index is 11.8. The zero-order valence-corrected chi connectivity index (χ0v) is 22.4. The summed E-state index contributed by atoms with van der Waals surface area (Å²) in [7, 11) is 0. The molecule has 1 aromatic carbocycles. The molecule has 2 rings (SSSR count). The van der Waals surface area contributed by atoms with Crippen LogP contribution in [0, 0.1) is 39.5 Å². The van der Waals surface area contributed by atoms with Crippen LogP contribution in [0.15, 0.2) is 0 Å². The molecule has 0 unspecified atom stereocenters. The van der Waals surface area contributed by atoms with Gasteiger partial charge in [0.15, 0.2) is 5.91 Å². The fraction of sp³-hybridized carbons (Fsp3) is 0.444. The van der Waals surface area contributed by atoms with Crippen molar-refractivity contribution in [3.63, 3.8) is 0 Å². The van der Waals surface area contributed by atoms with Crippen LogP contribution >= 0.6 is 0 Å². The first-order valence-electron chi connectivity index (χ1n) is 7.52. The van der Waals surface area contributed by atoms with Crippen molar-refractivity contribution in [3.8, 4) is 0 Å². The van der Waals surface area contributed by atoms with E-state index in [0.717, 1.165) is 24.0 Å². The molecule has 0 fully saturated rings. The molecule has 0 spiro atoms. The summed E-state index contributed by atoms with van der Waals surface area (Å²) in [5.41, 5.74) is 2.36. The molecule has 25 heavy (non-hydrogen) atoms. The average molecular weight is 625 g/mol. The van der Waals surface area contributed by atoms with E-state index in [1.54, 1.807) is 20.5 Å². The van der Waals surface area contributed by atoms with Crippen LogP contribution < -0.4 is 0 Å². The number of carbonyl (C=O) groups excluding carboxylic acids is 2. The van der Waals surface area contributed by atoms with E-state index < -0.39 is 0 Å². The van der Waals surface area contributed by atoms with E-state index in [2.05, 4.69) is 26.0 Å². The molecule has 1 heterocycles. The SMILES string of the molecule is CCN1C(=O)c2[c-]c(C)[c-]c(C)c2C1=O.[CH2-]CO[CH-]CCC.[V+2].[W].[Y]. The summed E-state index contributed by atoms with van der Waals surface area (Å²) in [5, 5.41) is 0. The first kappa shape index (κ1) is 30.4. The number of rotatable bonds is 5. The van der Waals surface area contributed by atoms with Crippen molar-refractivity contribution in [2.75, 3.05) is 13.2 Å². The molecule has 0 saturated heterocycles. The van der Waals surface area contributed by atoms with Crippen molar-refractivity contribution in [2.24, 2.45) is 0 Å². The normalized spacial score (nSPS) is 11.5. The van der Waals surface area contributed by atoms with Crippen molar-refractivity contribution in [1.82, 2.24) is 4.90 Å². The maximum absolute atomic E-state index is 11.8. The van der Waals surface area contributed by atoms with E-state index in [4.69, 9.17) is 4.74 Å². The van der Waals surface area contributed by atoms with Gasteiger partial charge in [-0.05, 0) is 6.92 Å². The summed E-state index contributed by atoms with van der Waals surface area (Å²) in [6.45, 7) is 13.8. The van der Waals surface area contributed by atoms with E-state index in [1.807, 2.05) is 6.92 Å². The molecule has 2 radical (unpaired) electrons. The fourth-order valence-corrected chi connectivity index (χ4v) is 2.17. The molecule has 2 amide bonds. The van der Waals surface area contributed by atoms with Gasteiger partial charge in [0.1, 0.15) is 0 Å². The van der Waals surface area contributed by atoms with Crippen molar-refractivity contribution in [1.29, 1.82) is 0 Å². The summed E-state index contributed by atoms with van der Waals surface area (Å²) in [6.07, 6.45) is 2.19. The Balaban J connectivity index is -0.000000425. The molecule has 7 heteroatoms. The number of hydrogen-bond donors (Lipinski definition) is 0. The van der Waals surface area contributed by atoms with Gasteiger partial charge in [-0.25, -0.2) is 23.3 Å². The Kier molecular flexibility index (Phi) is 19.1. The zero-order chi connectivity index (χ0) is 16.7. The molecular formula is C18H23NO3VWY-2. The van der Waals surface area contributed by atoms with Gasteiger partial charge in [-0.2, -0.15) is 6.42 Å². The number of nitrogens with zero attached hydrogens (tertiary/aromatic N) is 1. The van der Waals surface area contributed by atoms with E-state index >= 15 is 0 Å². The number of benzene rings is 1. The van der Waals surface area contributed by atoms with Crippen LogP contribution in [0.3, 0.4) is 0 Å². The Labute approximate surface area is 203 Å². The van der Waals surface area contributed by atoms with Gasteiger partial charge < -0.3 is 21.4 Å². The zero-order valence-electron chi connectivity index (χ0n) is 15.2. The van der Waals surface area contributed by atoms with Gasteiger partial charge in [0.05, 0.1) is 5.91 Å². The topological polar surface area (TPSA) is 46.6 Å². The molecule has 0 aliphatic carbocycles. The molecule has 0 bridgehead atoms. The van der Waals surface area contributed by atoms with Gasteiger partial charge in [-0.3, -0.25) is 16.9 Å². The third-order valence-electron chi connectivity index (χ3n) is 3.19. The van der Waals surface area contributed by atoms with Crippen LogP contribution in [0.5, 0.6) is 0 Å². The number of carbonyl (C=O) groups is 2. The van der Waals surface area contributed by atoms with E-state index in [1.165, 1.54) is 4.90 Å². The summed E-state index contributed by atoms with van der Waals surface area (Å²) in [4.78, 5) is 24.9. The Morgan fingerprint density at radius 2 is 1.76 bits per heavy atom. The molecule has 0 saturated carbocycles. The van der Waals surface area contributed by atoms with Gasteiger partial charge in [0.25, 0.3) is 0 Å². The van der Waals surface area contributed by atoms with Crippen LogP contribution in [-0.4, -0.2) is 29.9 Å². The van der Waals surface area contributed by atoms with Crippen LogP contribution in [0.2, 0.25) is 0 Å². The molecule has 0 aromatic heterocycles. The molecule has 0 atom stereocenters. The number of amides is 2. The monoisotopic (exact) mass is 625 g/mol. The van der Waals surface area contributed by atoms with Gasteiger partial charge in [-0.1, -0.05) is 27.2 Å². The van der Waals surface area contributed by atoms with Gasteiger partial charge >= 0.3 is 18.6 Å². The van der Waals surface area contributed by atoms with Crippen molar-refractivity contribution in [2.45, 2.75) is 40.5 Å². The van der Waals surface area contributed by atoms with Crippen LogP contribution in [0.25, 0.3) is 0 Å². The second kappa shape index (κ2) is 15.7. The molecular weight excluding hydrogens is 602 g/mol. The number of aryl methyl sites for hydroxylation is 2. The standard InChI is InChI=1S/C12H11NO2.C6H12O.V.W.Y/c1-4-13-11(14)9-6-7(2)5-8(3)10(9)12(13)15;1-3-5-6-7-4-2;;;/h4H2,1-3H3;6H,2-5H2,1H3;;;/q2*-2;+2;;. The number of unbranched alkanes of at least 4 members (excludes halogenated alkanes) is 1. The van der Waals surface area contributed by atoms with E-state index in [-0.39, 0.29) is 84.1 Å². The van der Waals surface area contributed by atoms with Gasteiger partial charge in [0, 0.05) is 60.3 Å². The van der Waals surface area contributed by atoms with Crippen molar-refractivity contribution in [3.05, 3.63) is 47.9 Å². The van der Waals surface area contributed by atoms with E-state index in [0.29, 0.717) is 24.3 Å². The second-order valence-electron chi connectivity index (χ2n) is 4.93. The number of ether oxygens (including phenoxy) is 1. The van der Waals surface area contributed by atoms with E-state index in [9.17, 15) is 9.59 Å². The van der Waals surface area contributed by atoms with Crippen LogP contribution in [0.4, 0.5) is 0 Å². The van der Waals surface area contributed by atoms with Crippen LogP contribution in [-0.2, 0) is 77.1 Å². The Morgan fingerprint density at radius 3 is 2.24 bits per heavy atom. The van der Waals surface area contributed by atoms with Crippen molar-refractivity contribution >= 4 is 11.8 Å². The minimum absolute atomic E-state index is 0. The predicted octanol–water partition coefficient (Wildman–Crippen LogP) is 3.31. The Bertz CT molecular complexity index is 551. The number of fused-ring (bicyclic) bond motifs is 1. The largest absolute Gasteiger partial charge is 2.00 e. The minimum atomic E-state index is -0.238. The Hall–Kier alpha value is 0.697. The quantitative estimate of drug-likeness (QED) is 0.287. The molecule has 1 aliphatic rings. The van der Waals surface area contributed by atoms with Gasteiger partial charge in [-0.15, -0.1) is 12.2 Å². The Morgan fingerprint density at radius 1 is 1.16 bits per heavy atom. The van der Waals surface area contributed by atoms with Crippen LogP contribution in [0.1, 0.15) is 58.5 Å². The molecule has 0 N–H and O–H groups in total. The smallest absolute Gasteiger partial charge is 0.578 e. The summed E-state index contributed by atoms with van der Waals surface area (Å²) in [6, 6.07) is 5.92. The molecule has 4 nitrogen and oxygen atoms in total.